The van der Waals surface area contributed by atoms with Gasteiger partial charge >= 0.3 is 0 Å². The van der Waals surface area contributed by atoms with Crippen LogP contribution in [0.4, 0.5) is 0 Å². The molecule has 2 N–H and O–H groups in total. The smallest absolute Gasteiger partial charge is 0.191 e. The van der Waals surface area contributed by atoms with Crippen molar-refractivity contribution in [3.05, 3.63) is 101 Å². The van der Waals surface area contributed by atoms with Gasteiger partial charge in [0.05, 0.1) is 32.0 Å². The maximum atomic E-state index is 5.85. The molecule has 0 saturated heterocycles. The van der Waals surface area contributed by atoms with E-state index in [1.54, 1.807) is 6.20 Å². The van der Waals surface area contributed by atoms with Gasteiger partial charge in [-0.2, -0.15) is 0 Å². The first kappa shape index (κ1) is 23.8. The van der Waals surface area contributed by atoms with E-state index in [1.807, 2.05) is 36.4 Å². The zero-order valence-electron chi connectivity index (χ0n) is 17.3. The third kappa shape index (κ3) is 8.51. The Morgan fingerprint density at radius 3 is 2.37 bits per heavy atom. The lowest BCUT2D eigenvalue weighted by atomic mass is 10.1. The Labute approximate surface area is 196 Å². The number of benzene rings is 2. The molecule has 1 aromatic heterocycles. The Morgan fingerprint density at radius 2 is 1.60 bits per heavy atom. The Kier molecular flexibility index (Phi) is 10.9. The topological polar surface area (TPSA) is 58.5 Å². The van der Waals surface area contributed by atoms with E-state index in [2.05, 4.69) is 58.9 Å². The van der Waals surface area contributed by atoms with E-state index in [0.717, 1.165) is 29.3 Å². The van der Waals surface area contributed by atoms with Gasteiger partial charge in [-0.25, -0.2) is 4.99 Å². The molecule has 30 heavy (non-hydrogen) atoms. The van der Waals surface area contributed by atoms with Crippen LogP contribution in [0.15, 0.2) is 84.0 Å². The number of nitrogens with one attached hydrogen (secondary N) is 2. The van der Waals surface area contributed by atoms with Crippen molar-refractivity contribution in [1.29, 1.82) is 0 Å². The van der Waals surface area contributed by atoms with Gasteiger partial charge in [-0.05, 0) is 35.7 Å². The van der Waals surface area contributed by atoms with Gasteiger partial charge in [0.15, 0.2) is 5.96 Å². The molecule has 0 radical (unpaired) electrons. The summed E-state index contributed by atoms with van der Waals surface area (Å²) >= 11 is 0. The molecule has 2 aromatic carbocycles. The average molecular weight is 516 g/mol. The van der Waals surface area contributed by atoms with E-state index in [9.17, 15) is 0 Å². The van der Waals surface area contributed by atoms with Gasteiger partial charge in [0.1, 0.15) is 0 Å². The summed E-state index contributed by atoms with van der Waals surface area (Å²) in [4.78, 5) is 9.03. The maximum Gasteiger partial charge on any atom is 0.191 e. The molecule has 3 rings (SSSR count). The lowest BCUT2D eigenvalue weighted by Crippen LogP contribution is -2.37. The fourth-order valence-electron chi connectivity index (χ4n) is 2.87. The quantitative estimate of drug-likeness (QED) is 0.247. The van der Waals surface area contributed by atoms with Crippen LogP contribution in [0.25, 0.3) is 0 Å². The lowest BCUT2D eigenvalue weighted by molar-refractivity contribution is 0.107. The number of hydrogen-bond donors (Lipinski definition) is 2. The number of pyridine rings is 1. The predicted octanol–water partition coefficient (Wildman–Crippen LogP) is 4.67. The SMILES string of the molecule is CCNC(=NCc1cccc(COCc2ccccc2)c1)NCc1ccccn1.I. The minimum absolute atomic E-state index is 0. The third-order valence-electron chi connectivity index (χ3n) is 4.30. The maximum absolute atomic E-state index is 5.85. The van der Waals surface area contributed by atoms with E-state index in [0.29, 0.717) is 26.3 Å². The van der Waals surface area contributed by atoms with Crippen molar-refractivity contribution < 1.29 is 4.74 Å². The Balaban J connectivity index is 0.00000320. The number of halogens is 1. The number of nitrogens with zero attached hydrogens (tertiary/aromatic N) is 2. The molecule has 3 aromatic rings. The highest BCUT2D eigenvalue weighted by Crippen LogP contribution is 2.10. The van der Waals surface area contributed by atoms with Crippen molar-refractivity contribution in [3.8, 4) is 0 Å². The van der Waals surface area contributed by atoms with Crippen molar-refractivity contribution in [2.24, 2.45) is 4.99 Å². The second-order valence-corrected chi connectivity index (χ2v) is 6.67. The monoisotopic (exact) mass is 516 g/mol. The van der Waals surface area contributed by atoms with Gasteiger partial charge in [-0.15, -0.1) is 24.0 Å². The molecule has 0 aliphatic rings. The van der Waals surface area contributed by atoms with Gasteiger partial charge < -0.3 is 15.4 Å². The summed E-state index contributed by atoms with van der Waals surface area (Å²) in [6.07, 6.45) is 1.80. The molecule has 0 atom stereocenters. The first-order valence-electron chi connectivity index (χ1n) is 9.95. The Hall–Kier alpha value is -2.45. The van der Waals surface area contributed by atoms with Crippen LogP contribution in [-0.2, 0) is 31.0 Å². The molecule has 0 spiro atoms. The minimum Gasteiger partial charge on any atom is -0.372 e. The summed E-state index contributed by atoms with van der Waals surface area (Å²) in [6.45, 7) is 5.31. The predicted molar refractivity (Wildman–Crippen MR) is 133 cm³/mol. The van der Waals surface area contributed by atoms with E-state index in [1.165, 1.54) is 5.56 Å². The fraction of sp³-hybridized carbons (Fsp3) is 0.250. The second-order valence-electron chi connectivity index (χ2n) is 6.67. The minimum atomic E-state index is 0. The Bertz CT molecular complexity index is 888. The molecule has 158 valence electrons. The van der Waals surface area contributed by atoms with Gasteiger partial charge in [-0.3, -0.25) is 4.98 Å². The van der Waals surface area contributed by atoms with Crippen LogP contribution in [-0.4, -0.2) is 17.5 Å². The first-order valence-corrected chi connectivity index (χ1v) is 9.95. The van der Waals surface area contributed by atoms with Crippen LogP contribution < -0.4 is 10.6 Å². The van der Waals surface area contributed by atoms with Crippen LogP contribution in [0.2, 0.25) is 0 Å². The number of hydrogen-bond acceptors (Lipinski definition) is 3. The van der Waals surface area contributed by atoms with Crippen LogP contribution in [0.3, 0.4) is 0 Å². The summed E-state index contributed by atoms with van der Waals surface area (Å²) < 4.78 is 5.85. The van der Waals surface area contributed by atoms with Crippen molar-refractivity contribution in [1.82, 2.24) is 15.6 Å². The summed E-state index contributed by atoms with van der Waals surface area (Å²) in [6, 6.07) is 24.5. The number of aliphatic imine (C=N–C) groups is 1. The molecule has 6 heteroatoms. The van der Waals surface area contributed by atoms with Crippen LogP contribution in [0.1, 0.15) is 29.3 Å². The Morgan fingerprint density at radius 1 is 0.867 bits per heavy atom. The van der Waals surface area contributed by atoms with Crippen LogP contribution in [0, 0.1) is 0 Å². The zero-order chi connectivity index (χ0) is 20.2. The molecule has 5 nitrogen and oxygen atoms in total. The summed E-state index contributed by atoms with van der Waals surface area (Å²) in [5, 5.41) is 6.60. The van der Waals surface area contributed by atoms with Crippen molar-refractivity contribution in [3.63, 3.8) is 0 Å². The number of ether oxygens (including phenoxy) is 1. The average Bonchev–Trinajstić information content (AvgIpc) is 2.77. The summed E-state index contributed by atoms with van der Waals surface area (Å²) in [5.41, 5.74) is 4.47. The zero-order valence-corrected chi connectivity index (χ0v) is 19.6. The van der Waals surface area contributed by atoms with Crippen molar-refractivity contribution >= 4 is 29.9 Å². The highest BCUT2D eigenvalue weighted by Gasteiger charge is 2.01. The normalized spacial score (nSPS) is 10.9. The summed E-state index contributed by atoms with van der Waals surface area (Å²) in [5.74, 6) is 0.781. The van der Waals surface area contributed by atoms with E-state index in [4.69, 9.17) is 9.73 Å². The number of rotatable bonds is 9. The molecule has 0 amide bonds. The molecule has 0 bridgehead atoms. The largest absolute Gasteiger partial charge is 0.372 e. The molecule has 0 unspecified atom stereocenters. The second kappa shape index (κ2) is 13.7. The molecule has 0 saturated carbocycles. The molecule has 1 heterocycles. The standard InChI is InChI=1S/C24H28N4O.HI/c1-2-25-24(28-17-23-13-6-7-14-26-23)27-16-21-11-8-12-22(15-21)19-29-18-20-9-4-3-5-10-20;/h3-15H,2,16-19H2,1H3,(H2,25,27,28);1H. The highest BCUT2D eigenvalue weighted by molar-refractivity contribution is 14.0. The van der Waals surface area contributed by atoms with Crippen molar-refractivity contribution in [2.45, 2.75) is 33.2 Å². The molecule has 0 aliphatic heterocycles. The number of aromatic nitrogens is 1. The number of guanidine groups is 1. The van der Waals surface area contributed by atoms with E-state index < -0.39 is 0 Å². The fourth-order valence-corrected chi connectivity index (χ4v) is 2.87. The summed E-state index contributed by atoms with van der Waals surface area (Å²) in [7, 11) is 0. The van der Waals surface area contributed by atoms with Crippen molar-refractivity contribution in [2.75, 3.05) is 6.54 Å². The molecule has 0 aliphatic carbocycles. The van der Waals surface area contributed by atoms with E-state index in [-0.39, 0.29) is 24.0 Å². The highest BCUT2D eigenvalue weighted by atomic mass is 127. The third-order valence-corrected chi connectivity index (χ3v) is 4.30. The van der Waals surface area contributed by atoms with Gasteiger partial charge in [-0.1, -0.05) is 60.7 Å². The molecule has 0 fully saturated rings. The van der Waals surface area contributed by atoms with Gasteiger partial charge in [0.25, 0.3) is 0 Å². The van der Waals surface area contributed by atoms with Gasteiger partial charge in [0, 0.05) is 12.7 Å². The van der Waals surface area contributed by atoms with E-state index >= 15 is 0 Å². The molecular weight excluding hydrogens is 487 g/mol. The van der Waals surface area contributed by atoms with Crippen LogP contribution >= 0.6 is 24.0 Å². The van der Waals surface area contributed by atoms with Crippen LogP contribution in [0.5, 0.6) is 0 Å². The lowest BCUT2D eigenvalue weighted by Gasteiger charge is -2.11. The first-order chi connectivity index (χ1) is 14.3. The molecular formula is C24H29IN4O. The van der Waals surface area contributed by atoms with Gasteiger partial charge in [0.2, 0.25) is 0 Å².